The van der Waals surface area contributed by atoms with Crippen LogP contribution in [0.5, 0.6) is 0 Å². The van der Waals surface area contributed by atoms with Crippen LogP contribution in [-0.4, -0.2) is 22.9 Å². The molecule has 2 aromatic rings. The van der Waals surface area contributed by atoms with Crippen LogP contribution in [0.15, 0.2) is 66.1 Å². The van der Waals surface area contributed by atoms with E-state index in [4.69, 9.17) is 5.26 Å². The van der Waals surface area contributed by atoms with E-state index in [1.165, 1.54) is 29.2 Å². The molecule has 0 aliphatic heterocycles. The first kappa shape index (κ1) is 19.6. The van der Waals surface area contributed by atoms with E-state index in [0.29, 0.717) is 5.56 Å². The normalized spacial score (nSPS) is 10.8. The van der Waals surface area contributed by atoms with Gasteiger partial charge in [-0.15, -0.1) is 6.58 Å². The highest BCUT2D eigenvalue weighted by Gasteiger charge is 2.29. The Hall–Kier alpha value is -2.72. The maximum absolute atomic E-state index is 12.7. The van der Waals surface area contributed by atoms with Crippen molar-refractivity contribution in [1.29, 1.82) is 5.26 Å². The number of alkyl halides is 3. The van der Waals surface area contributed by atoms with Crippen LogP contribution in [0.1, 0.15) is 21.5 Å². The molecule has 0 saturated carbocycles. The number of thioether (sulfide) groups is 1. The Morgan fingerprint density at radius 1 is 1.23 bits per heavy atom. The van der Waals surface area contributed by atoms with Gasteiger partial charge in [-0.05, 0) is 53.7 Å². The summed E-state index contributed by atoms with van der Waals surface area (Å²) in [6.45, 7) is 4.17. The Labute approximate surface area is 153 Å². The lowest BCUT2D eigenvalue weighted by Crippen LogP contribution is -2.30. The van der Waals surface area contributed by atoms with Crippen LogP contribution in [-0.2, 0) is 6.54 Å². The van der Waals surface area contributed by atoms with Crippen LogP contribution in [0, 0.1) is 11.3 Å². The van der Waals surface area contributed by atoms with Gasteiger partial charge in [0.05, 0.1) is 11.6 Å². The van der Waals surface area contributed by atoms with E-state index >= 15 is 0 Å². The third-order valence-electron chi connectivity index (χ3n) is 3.40. The number of rotatable bonds is 6. The molecule has 0 spiro atoms. The molecule has 0 atom stereocenters. The van der Waals surface area contributed by atoms with Crippen molar-refractivity contribution in [2.24, 2.45) is 0 Å². The zero-order chi connectivity index (χ0) is 19.2. The molecule has 0 bridgehead atoms. The zero-order valence-corrected chi connectivity index (χ0v) is 14.5. The number of hydrogen-bond acceptors (Lipinski definition) is 3. The van der Waals surface area contributed by atoms with Gasteiger partial charge in [-0.3, -0.25) is 4.79 Å². The van der Waals surface area contributed by atoms with Crippen LogP contribution in [0.25, 0.3) is 0 Å². The molecule has 0 aliphatic carbocycles. The van der Waals surface area contributed by atoms with Crippen molar-refractivity contribution in [1.82, 2.24) is 4.90 Å². The minimum Gasteiger partial charge on any atom is -0.331 e. The standard InChI is InChI=1S/C19H15F3N2OS/c1-2-10-24(13-15-5-3-4-14(11-15)12-23)18(25)16-6-8-17(9-7-16)26-19(20,21)22/h2-9,11H,1,10,13H2. The number of carbonyl (C=O) groups excluding carboxylic acids is 1. The molecular weight excluding hydrogens is 361 g/mol. The second kappa shape index (κ2) is 8.59. The molecule has 2 rings (SSSR count). The zero-order valence-electron chi connectivity index (χ0n) is 13.7. The van der Waals surface area contributed by atoms with Gasteiger partial charge in [-0.2, -0.15) is 18.4 Å². The molecule has 3 nitrogen and oxygen atoms in total. The minimum absolute atomic E-state index is 0.0195. The highest BCUT2D eigenvalue weighted by molar-refractivity contribution is 8.00. The first-order valence-corrected chi connectivity index (χ1v) is 8.39. The Morgan fingerprint density at radius 2 is 1.92 bits per heavy atom. The largest absolute Gasteiger partial charge is 0.446 e. The van der Waals surface area contributed by atoms with Gasteiger partial charge in [-0.1, -0.05) is 18.2 Å². The molecule has 1 amide bonds. The van der Waals surface area contributed by atoms with E-state index in [1.54, 1.807) is 30.3 Å². The summed E-state index contributed by atoms with van der Waals surface area (Å²) in [5, 5.41) is 8.96. The van der Waals surface area contributed by atoms with Gasteiger partial charge >= 0.3 is 5.51 Å². The average molecular weight is 376 g/mol. The van der Waals surface area contributed by atoms with Gasteiger partial charge in [0.1, 0.15) is 0 Å². The molecule has 134 valence electrons. The van der Waals surface area contributed by atoms with E-state index in [1.807, 2.05) is 6.07 Å². The van der Waals surface area contributed by atoms with Crippen molar-refractivity contribution in [2.75, 3.05) is 6.54 Å². The van der Waals surface area contributed by atoms with Crippen LogP contribution >= 0.6 is 11.8 Å². The molecule has 0 aromatic heterocycles. The third kappa shape index (κ3) is 5.67. The van der Waals surface area contributed by atoms with Crippen molar-refractivity contribution in [2.45, 2.75) is 16.9 Å². The monoisotopic (exact) mass is 376 g/mol. The van der Waals surface area contributed by atoms with Crippen molar-refractivity contribution in [3.63, 3.8) is 0 Å². The molecular formula is C19H15F3N2OS. The number of nitriles is 1. The SMILES string of the molecule is C=CCN(Cc1cccc(C#N)c1)C(=O)c1ccc(SC(F)(F)F)cc1. The highest BCUT2D eigenvalue weighted by Crippen LogP contribution is 2.36. The number of halogens is 3. The maximum atomic E-state index is 12.7. The predicted molar refractivity (Wildman–Crippen MR) is 94.4 cm³/mol. The highest BCUT2D eigenvalue weighted by atomic mass is 32.2. The van der Waals surface area contributed by atoms with Gasteiger partial charge in [0.2, 0.25) is 0 Å². The lowest BCUT2D eigenvalue weighted by Gasteiger charge is -2.21. The van der Waals surface area contributed by atoms with Crippen molar-refractivity contribution < 1.29 is 18.0 Å². The van der Waals surface area contributed by atoms with E-state index in [-0.39, 0.29) is 41.2 Å². The fraction of sp³-hybridized carbons (Fsp3) is 0.158. The molecule has 26 heavy (non-hydrogen) atoms. The van der Waals surface area contributed by atoms with Gasteiger partial charge in [0, 0.05) is 23.5 Å². The summed E-state index contributed by atoms with van der Waals surface area (Å²) in [5.41, 5.74) is -2.81. The number of carbonyl (C=O) groups is 1. The Bertz CT molecular complexity index is 826. The number of hydrogen-bond donors (Lipinski definition) is 0. The maximum Gasteiger partial charge on any atom is 0.446 e. The number of benzene rings is 2. The Kier molecular flexibility index (Phi) is 6.47. The molecule has 0 fully saturated rings. The second-order valence-electron chi connectivity index (χ2n) is 5.36. The van der Waals surface area contributed by atoms with E-state index in [2.05, 4.69) is 6.58 Å². The van der Waals surface area contributed by atoms with Crippen molar-refractivity contribution >= 4 is 17.7 Å². The van der Waals surface area contributed by atoms with E-state index < -0.39 is 5.51 Å². The fourth-order valence-electron chi connectivity index (χ4n) is 2.32. The summed E-state index contributed by atoms with van der Waals surface area (Å²) < 4.78 is 37.2. The summed E-state index contributed by atoms with van der Waals surface area (Å²) >= 11 is -0.225. The van der Waals surface area contributed by atoms with Gasteiger partial charge in [0.25, 0.3) is 5.91 Å². The van der Waals surface area contributed by atoms with Gasteiger partial charge in [-0.25, -0.2) is 0 Å². The summed E-state index contributed by atoms with van der Waals surface area (Å²) in [6, 6.07) is 14.2. The van der Waals surface area contributed by atoms with Crippen LogP contribution in [0.4, 0.5) is 13.2 Å². The molecule has 0 saturated heterocycles. The van der Waals surface area contributed by atoms with Gasteiger partial charge < -0.3 is 4.90 Å². The van der Waals surface area contributed by atoms with Crippen LogP contribution < -0.4 is 0 Å². The third-order valence-corrected chi connectivity index (χ3v) is 4.14. The Morgan fingerprint density at radius 3 is 2.50 bits per heavy atom. The van der Waals surface area contributed by atoms with Gasteiger partial charge in [0.15, 0.2) is 0 Å². The molecule has 0 N–H and O–H groups in total. The van der Waals surface area contributed by atoms with Crippen molar-refractivity contribution in [3.05, 3.63) is 77.9 Å². The first-order valence-electron chi connectivity index (χ1n) is 7.57. The fourth-order valence-corrected chi connectivity index (χ4v) is 2.86. The van der Waals surface area contributed by atoms with Crippen LogP contribution in [0.3, 0.4) is 0 Å². The Balaban J connectivity index is 2.17. The summed E-state index contributed by atoms with van der Waals surface area (Å²) in [5.74, 6) is -0.323. The molecule has 0 aliphatic rings. The minimum atomic E-state index is -4.37. The number of amides is 1. The topological polar surface area (TPSA) is 44.1 Å². The molecule has 0 unspecified atom stereocenters. The molecule has 0 heterocycles. The summed E-state index contributed by atoms with van der Waals surface area (Å²) in [7, 11) is 0. The van der Waals surface area contributed by atoms with Crippen molar-refractivity contribution in [3.8, 4) is 6.07 Å². The second-order valence-corrected chi connectivity index (χ2v) is 6.50. The van der Waals surface area contributed by atoms with E-state index in [9.17, 15) is 18.0 Å². The smallest absolute Gasteiger partial charge is 0.331 e. The van der Waals surface area contributed by atoms with Crippen LogP contribution in [0.2, 0.25) is 0 Å². The molecule has 7 heteroatoms. The predicted octanol–water partition coefficient (Wildman–Crippen LogP) is 5.00. The lowest BCUT2D eigenvalue weighted by atomic mass is 10.1. The quantitative estimate of drug-likeness (QED) is 0.526. The number of nitrogens with zero attached hydrogens (tertiary/aromatic N) is 2. The summed E-state index contributed by atoms with van der Waals surface area (Å²) in [4.78, 5) is 14.2. The molecule has 0 radical (unpaired) electrons. The molecule has 2 aromatic carbocycles. The average Bonchev–Trinajstić information content (AvgIpc) is 2.60. The van der Waals surface area contributed by atoms with E-state index in [0.717, 1.165) is 5.56 Å². The lowest BCUT2D eigenvalue weighted by molar-refractivity contribution is -0.0328. The summed E-state index contributed by atoms with van der Waals surface area (Å²) in [6.07, 6.45) is 1.57. The first-order chi connectivity index (χ1) is 12.3.